The van der Waals surface area contributed by atoms with Gasteiger partial charge in [-0.2, -0.15) is 0 Å². The average Bonchev–Trinajstić information content (AvgIpc) is 3.17. The van der Waals surface area contributed by atoms with Crippen molar-refractivity contribution in [3.63, 3.8) is 0 Å². The van der Waals surface area contributed by atoms with E-state index in [0.717, 1.165) is 0 Å². The van der Waals surface area contributed by atoms with Crippen LogP contribution in [-0.2, 0) is 0 Å². The number of carbonyl (C=O) groups is 1. The van der Waals surface area contributed by atoms with Crippen LogP contribution in [-0.4, -0.2) is 23.7 Å². The number of hydrogen-bond donors (Lipinski definition) is 2. The first-order chi connectivity index (χ1) is 10.7. The summed E-state index contributed by atoms with van der Waals surface area (Å²) in [6.45, 7) is 0.0959. The Hall–Kier alpha value is -2.53. The highest BCUT2D eigenvalue weighted by Gasteiger charge is 2.21. The summed E-state index contributed by atoms with van der Waals surface area (Å²) >= 11 is 0. The Kier molecular flexibility index (Phi) is 4.25. The molecule has 1 amide bonds. The lowest BCUT2D eigenvalue weighted by atomic mass is 10.1. The van der Waals surface area contributed by atoms with Crippen LogP contribution in [0.3, 0.4) is 0 Å². The summed E-state index contributed by atoms with van der Waals surface area (Å²) in [7, 11) is 0. The van der Waals surface area contributed by atoms with E-state index in [2.05, 4.69) is 5.32 Å². The molecule has 1 aliphatic rings. The van der Waals surface area contributed by atoms with E-state index in [-0.39, 0.29) is 36.2 Å². The number of carbonyl (C=O) groups excluding carboxylic acids is 1. The van der Waals surface area contributed by atoms with Crippen LogP contribution in [0.15, 0.2) is 59.0 Å². The lowest BCUT2D eigenvalue weighted by Crippen LogP contribution is -2.32. The molecule has 0 unspecified atom stereocenters. The second kappa shape index (κ2) is 6.49. The number of ether oxygens (including phenoxy) is 1. The summed E-state index contributed by atoms with van der Waals surface area (Å²) in [5.41, 5.74) is 0. The van der Waals surface area contributed by atoms with Crippen LogP contribution >= 0.6 is 0 Å². The number of hydrogen-bond acceptors (Lipinski definition) is 4. The fraction of sp³-hybridized carbons (Fsp3) is 0.235. The van der Waals surface area contributed by atoms with Crippen LogP contribution in [0.1, 0.15) is 17.0 Å². The molecule has 0 radical (unpaired) electrons. The van der Waals surface area contributed by atoms with Gasteiger partial charge in [-0.05, 0) is 24.6 Å². The highest BCUT2D eigenvalue weighted by atomic mass is 16.6. The standard InChI is InChI=1S/C17H17NO4/c19-11-12-6-7-13(10-12)18-17(20)15-8-9-16(22-15)21-14-4-2-1-3-5-14/h1-9,12-13,19H,10-11H2,(H,18,20)/t12-,13+/m0/s1. The molecule has 2 atom stereocenters. The summed E-state index contributed by atoms with van der Waals surface area (Å²) in [5, 5.41) is 11.9. The number of benzene rings is 1. The van der Waals surface area contributed by atoms with E-state index < -0.39 is 0 Å². The molecule has 1 aliphatic carbocycles. The highest BCUT2D eigenvalue weighted by molar-refractivity contribution is 5.92. The zero-order valence-electron chi connectivity index (χ0n) is 11.9. The van der Waals surface area contributed by atoms with Crippen molar-refractivity contribution in [1.82, 2.24) is 5.32 Å². The van der Waals surface area contributed by atoms with Crippen molar-refractivity contribution in [2.45, 2.75) is 12.5 Å². The molecule has 22 heavy (non-hydrogen) atoms. The number of rotatable bonds is 5. The summed E-state index contributed by atoms with van der Waals surface area (Å²) in [6, 6.07) is 12.3. The molecule has 5 nitrogen and oxygen atoms in total. The van der Waals surface area contributed by atoms with E-state index in [0.29, 0.717) is 12.2 Å². The summed E-state index contributed by atoms with van der Waals surface area (Å²) in [4.78, 5) is 12.1. The lowest BCUT2D eigenvalue weighted by Gasteiger charge is -2.11. The fourth-order valence-electron chi connectivity index (χ4n) is 2.36. The van der Waals surface area contributed by atoms with E-state index >= 15 is 0 Å². The maximum atomic E-state index is 12.1. The minimum Gasteiger partial charge on any atom is -0.426 e. The maximum Gasteiger partial charge on any atom is 0.290 e. The first-order valence-electron chi connectivity index (χ1n) is 7.17. The lowest BCUT2D eigenvalue weighted by molar-refractivity contribution is 0.0908. The number of amides is 1. The van der Waals surface area contributed by atoms with Gasteiger partial charge < -0.3 is 19.6 Å². The number of nitrogens with one attached hydrogen (secondary N) is 1. The van der Waals surface area contributed by atoms with Crippen LogP contribution < -0.4 is 10.1 Å². The minimum absolute atomic E-state index is 0.0757. The average molecular weight is 299 g/mol. The smallest absolute Gasteiger partial charge is 0.290 e. The number of aliphatic hydroxyl groups excluding tert-OH is 1. The van der Waals surface area contributed by atoms with Gasteiger partial charge in [0, 0.05) is 24.6 Å². The molecule has 0 saturated carbocycles. The van der Waals surface area contributed by atoms with E-state index in [9.17, 15) is 4.79 Å². The molecule has 1 heterocycles. The van der Waals surface area contributed by atoms with Crippen LogP contribution in [0.5, 0.6) is 11.7 Å². The third-order valence-electron chi connectivity index (χ3n) is 3.49. The SMILES string of the molecule is O=C(N[C@@H]1C=C[C@H](CO)C1)c1ccc(Oc2ccccc2)o1. The monoisotopic (exact) mass is 299 g/mol. The quantitative estimate of drug-likeness (QED) is 0.833. The molecule has 0 saturated heterocycles. The van der Waals surface area contributed by atoms with Crippen molar-refractivity contribution in [2.24, 2.45) is 5.92 Å². The predicted molar refractivity (Wildman–Crippen MR) is 80.8 cm³/mol. The molecule has 0 bridgehead atoms. The highest BCUT2D eigenvalue weighted by Crippen LogP contribution is 2.24. The van der Waals surface area contributed by atoms with Gasteiger partial charge in [0.1, 0.15) is 5.75 Å². The molecule has 5 heteroatoms. The van der Waals surface area contributed by atoms with Crippen molar-refractivity contribution in [3.05, 3.63) is 60.4 Å². The fourth-order valence-corrected chi connectivity index (χ4v) is 2.36. The van der Waals surface area contributed by atoms with Crippen molar-refractivity contribution < 1.29 is 19.1 Å². The van der Waals surface area contributed by atoms with Gasteiger partial charge in [-0.1, -0.05) is 30.4 Å². The van der Waals surface area contributed by atoms with Gasteiger partial charge in [0.25, 0.3) is 11.9 Å². The molecule has 1 aromatic heterocycles. The molecule has 0 fully saturated rings. The Labute approximate surface area is 128 Å². The molecular weight excluding hydrogens is 282 g/mol. The van der Waals surface area contributed by atoms with Gasteiger partial charge in [0.2, 0.25) is 0 Å². The first-order valence-corrected chi connectivity index (χ1v) is 7.17. The van der Waals surface area contributed by atoms with Gasteiger partial charge in [0.15, 0.2) is 5.76 Å². The number of aliphatic hydroxyl groups is 1. The Morgan fingerprint density at radius 3 is 2.77 bits per heavy atom. The Morgan fingerprint density at radius 2 is 2.05 bits per heavy atom. The number of para-hydroxylation sites is 1. The van der Waals surface area contributed by atoms with Gasteiger partial charge in [-0.3, -0.25) is 4.79 Å². The van der Waals surface area contributed by atoms with Crippen molar-refractivity contribution >= 4 is 5.91 Å². The van der Waals surface area contributed by atoms with E-state index in [1.807, 2.05) is 30.4 Å². The Balaban J connectivity index is 1.59. The molecule has 3 rings (SSSR count). The molecule has 2 N–H and O–H groups in total. The summed E-state index contributed by atoms with van der Waals surface area (Å²) < 4.78 is 10.9. The third-order valence-corrected chi connectivity index (χ3v) is 3.49. The van der Waals surface area contributed by atoms with E-state index in [1.54, 1.807) is 24.3 Å². The van der Waals surface area contributed by atoms with Gasteiger partial charge in [-0.15, -0.1) is 0 Å². The third kappa shape index (κ3) is 3.38. The van der Waals surface area contributed by atoms with Crippen molar-refractivity contribution in [2.75, 3.05) is 6.61 Å². The molecule has 0 aliphatic heterocycles. The van der Waals surface area contributed by atoms with Crippen molar-refractivity contribution in [1.29, 1.82) is 0 Å². The molecule has 0 spiro atoms. The Morgan fingerprint density at radius 1 is 1.23 bits per heavy atom. The zero-order valence-corrected chi connectivity index (χ0v) is 11.9. The molecule has 114 valence electrons. The first kappa shape index (κ1) is 14.4. The summed E-state index contributed by atoms with van der Waals surface area (Å²) in [6.07, 6.45) is 4.51. The van der Waals surface area contributed by atoms with Crippen molar-refractivity contribution in [3.8, 4) is 11.7 Å². The molecule has 2 aromatic rings. The largest absolute Gasteiger partial charge is 0.426 e. The van der Waals surface area contributed by atoms with Crippen LogP contribution in [0.25, 0.3) is 0 Å². The summed E-state index contributed by atoms with van der Waals surface area (Å²) in [5.74, 6) is 0.932. The van der Waals surface area contributed by atoms with Gasteiger partial charge >= 0.3 is 0 Å². The van der Waals surface area contributed by atoms with Crippen LogP contribution in [0, 0.1) is 5.92 Å². The maximum absolute atomic E-state index is 12.1. The van der Waals surface area contributed by atoms with Crippen LogP contribution in [0.4, 0.5) is 0 Å². The minimum atomic E-state index is -0.295. The number of furan rings is 1. The molecular formula is C17H17NO4. The predicted octanol–water partition coefficient (Wildman–Crippen LogP) is 2.74. The Bertz CT molecular complexity index is 662. The van der Waals surface area contributed by atoms with Gasteiger partial charge in [0.05, 0.1) is 0 Å². The van der Waals surface area contributed by atoms with E-state index in [1.165, 1.54) is 0 Å². The van der Waals surface area contributed by atoms with E-state index in [4.69, 9.17) is 14.3 Å². The molecule has 1 aromatic carbocycles. The van der Waals surface area contributed by atoms with Crippen LogP contribution in [0.2, 0.25) is 0 Å². The second-order valence-corrected chi connectivity index (χ2v) is 5.18. The zero-order chi connectivity index (χ0) is 15.4. The van der Waals surface area contributed by atoms with Gasteiger partial charge in [-0.25, -0.2) is 0 Å². The topological polar surface area (TPSA) is 71.7 Å². The second-order valence-electron chi connectivity index (χ2n) is 5.18. The normalized spacial score (nSPS) is 20.0.